The van der Waals surface area contributed by atoms with Gasteiger partial charge in [0.2, 0.25) is 0 Å². The molecule has 1 aromatic heterocycles. The maximum Gasteiger partial charge on any atom is 0.119 e. The van der Waals surface area contributed by atoms with E-state index in [1.54, 1.807) is 0 Å². The lowest BCUT2D eigenvalue weighted by molar-refractivity contribution is 0.319. The summed E-state index contributed by atoms with van der Waals surface area (Å²) in [6, 6.07) is 12.4. The van der Waals surface area contributed by atoms with Crippen LogP contribution in [0.4, 0.5) is 0 Å². The van der Waals surface area contributed by atoms with Crippen molar-refractivity contribution < 1.29 is 4.74 Å². The van der Waals surface area contributed by atoms with E-state index in [9.17, 15) is 0 Å². The summed E-state index contributed by atoms with van der Waals surface area (Å²) in [7, 11) is 0. The van der Waals surface area contributed by atoms with E-state index < -0.39 is 0 Å². The number of hydrogen-bond donors (Lipinski definition) is 1. The Labute approximate surface area is 119 Å². The van der Waals surface area contributed by atoms with Crippen LogP contribution in [0.2, 0.25) is 0 Å². The molecule has 0 spiro atoms. The first-order chi connectivity index (χ1) is 9.83. The number of aromatic nitrogens is 1. The van der Waals surface area contributed by atoms with Gasteiger partial charge in [-0.15, -0.1) is 0 Å². The van der Waals surface area contributed by atoms with Crippen molar-refractivity contribution in [1.82, 2.24) is 4.98 Å². The number of nitrogens with two attached hydrogens (primary N) is 1. The summed E-state index contributed by atoms with van der Waals surface area (Å²) in [4.78, 5) is 4.29. The summed E-state index contributed by atoms with van der Waals surface area (Å²) < 4.78 is 5.83. The summed E-state index contributed by atoms with van der Waals surface area (Å²) in [5.74, 6) is 0.914. The number of nitrogens with zero attached hydrogens (tertiary/aromatic N) is 1. The van der Waals surface area contributed by atoms with Crippen molar-refractivity contribution in [2.45, 2.75) is 31.7 Å². The highest BCUT2D eigenvalue weighted by Gasteiger charge is 2.17. The van der Waals surface area contributed by atoms with Gasteiger partial charge >= 0.3 is 0 Å². The Bertz CT molecular complexity index is 568. The van der Waals surface area contributed by atoms with Crippen LogP contribution in [0.1, 0.15) is 35.7 Å². The van der Waals surface area contributed by atoms with E-state index >= 15 is 0 Å². The van der Waals surface area contributed by atoms with Gasteiger partial charge in [0.15, 0.2) is 0 Å². The Hall–Kier alpha value is -1.87. The summed E-state index contributed by atoms with van der Waals surface area (Å²) in [5.41, 5.74) is 9.86. The molecular formula is C17H20N2O. The van der Waals surface area contributed by atoms with Gasteiger partial charge in [-0.2, -0.15) is 0 Å². The molecule has 1 aliphatic carbocycles. The number of aryl methyl sites for hydroxylation is 1. The fourth-order valence-corrected chi connectivity index (χ4v) is 2.72. The van der Waals surface area contributed by atoms with E-state index in [2.05, 4.69) is 23.2 Å². The molecule has 104 valence electrons. The first-order valence-electron chi connectivity index (χ1n) is 7.24. The minimum Gasteiger partial charge on any atom is -0.493 e. The van der Waals surface area contributed by atoms with Crippen molar-refractivity contribution in [2.24, 2.45) is 5.73 Å². The highest BCUT2D eigenvalue weighted by Crippen LogP contribution is 2.30. The van der Waals surface area contributed by atoms with Crippen molar-refractivity contribution in [2.75, 3.05) is 6.61 Å². The Kier molecular flexibility index (Phi) is 3.97. The van der Waals surface area contributed by atoms with Gasteiger partial charge in [0, 0.05) is 24.4 Å². The number of ether oxygens (including phenoxy) is 1. The van der Waals surface area contributed by atoms with E-state index in [0.29, 0.717) is 6.61 Å². The lowest BCUT2D eigenvalue weighted by atomic mass is 9.88. The highest BCUT2D eigenvalue weighted by molar-refractivity contribution is 5.39. The zero-order valence-electron chi connectivity index (χ0n) is 11.6. The standard InChI is InChI=1S/C17H20N2O/c18-17-6-3-4-13-7-8-15(12-16(13)17)20-11-9-14-5-1-2-10-19-14/h1-2,5,7-8,10,12,17H,3-4,6,9,11,18H2/t17-/m0/s1. The maximum atomic E-state index is 6.17. The van der Waals surface area contributed by atoms with Gasteiger partial charge in [0.1, 0.15) is 5.75 Å². The number of rotatable bonds is 4. The quantitative estimate of drug-likeness (QED) is 0.927. The summed E-state index contributed by atoms with van der Waals surface area (Å²) in [6.07, 6.45) is 6.03. The van der Waals surface area contributed by atoms with Crippen LogP contribution in [-0.2, 0) is 12.8 Å². The second-order valence-electron chi connectivity index (χ2n) is 5.28. The molecule has 1 atom stereocenters. The molecular weight excluding hydrogens is 248 g/mol. The van der Waals surface area contributed by atoms with Gasteiger partial charge in [-0.05, 0) is 54.7 Å². The second kappa shape index (κ2) is 6.06. The topological polar surface area (TPSA) is 48.1 Å². The monoisotopic (exact) mass is 268 g/mol. The summed E-state index contributed by atoms with van der Waals surface area (Å²) >= 11 is 0. The van der Waals surface area contributed by atoms with Gasteiger partial charge < -0.3 is 10.5 Å². The van der Waals surface area contributed by atoms with Crippen molar-refractivity contribution in [3.05, 3.63) is 59.4 Å². The molecule has 3 rings (SSSR count). The SMILES string of the molecule is N[C@H]1CCCc2ccc(OCCc3ccccn3)cc21. The van der Waals surface area contributed by atoms with Gasteiger partial charge in [-0.1, -0.05) is 12.1 Å². The molecule has 3 heteroatoms. The third-order valence-corrected chi connectivity index (χ3v) is 3.83. The van der Waals surface area contributed by atoms with Gasteiger partial charge in [0.05, 0.1) is 6.61 Å². The zero-order chi connectivity index (χ0) is 13.8. The zero-order valence-corrected chi connectivity index (χ0v) is 11.6. The molecule has 20 heavy (non-hydrogen) atoms. The molecule has 0 saturated carbocycles. The first-order valence-corrected chi connectivity index (χ1v) is 7.24. The van der Waals surface area contributed by atoms with Crippen molar-refractivity contribution in [1.29, 1.82) is 0 Å². The molecule has 0 aliphatic heterocycles. The minimum atomic E-state index is 0.165. The number of fused-ring (bicyclic) bond motifs is 1. The van der Waals surface area contributed by atoms with E-state index in [-0.39, 0.29) is 6.04 Å². The van der Waals surface area contributed by atoms with Crippen LogP contribution in [0, 0.1) is 0 Å². The van der Waals surface area contributed by atoms with Gasteiger partial charge in [0.25, 0.3) is 0 Å². The summed E-state index contributed by atoms with van der Waals surface area (Å²) in [6.45, 7) is 0.644. The summed E-state index contributed by atoms with van der Waals surface area (Å²) in [5, 5.41) is 0. The van der Waals surface area contributed by atoms with E-state index in [1.807, 2.05) is 24.4 Å². The predicted octanol–water partition coefficient (Wildman–Crippen LogP) is 3.04. The molecule has 3 nitrogen and oxygen atoms in total. The van der Waals surface area contributed by atoms with Crippen LogP contribution in [0.15, 0.2) is 42.6 Å². The number of benzene rings is 1. The smallest absolute Gasteiger partial charge is 0.119 e. The van der Waals surface area contributed by atoms with Crippen LogP contribution < -0.4 is 10.5 Å². The minimum absolute atomic E-state index is 0.165. The molecule has 1 aliphatic rings. The van der Waals surface area contributed by atoms with Crippen LogP contribution >= 0.6 is 0 Å². The lowest BCUT2D eigenvalue weighted by Crippen LogP contribution is -2.17. The Morgan fingerprint density at radius 1 is 1.25 bits per heavy atom. The van der Waals surface area contributed by atoms with Crippen LogP contribution in [0.5, 0.6) is 5.75 Å². The molecule has 2 N–H and O–H groups in total. The molecule has 0 amide bonds. The van der Waals surface area contributed by atoms with Crippen molar-refractivity contribution >= 4 is 0 Å². The van der Waals surface area contributed by atoms with E-state index in [0.717, 1.165) is 30.7 Å². The molecule has 0 bridgehead atoms. The normalized spacial score (nSPS) is 17.6. The van der Waals surface area contributed by atoms with Crippen molar-refractivity contribution in [3.8, 4) is 5.75 Å². The fraction of sp³-hybridized carbons (Fsp3) is 0.353. The average Bonchev–Trinajstić information content (AvgIpc) is 2.49. The van der Waals surface area contributed by atoms with E-state index in [1.165, 1.54) is 17.5 Å². The Morgan fingerprint density at radius 3 is 3.05 bits per heavy atom. The van der Waals surface area contributed by atoms with Crippen LogP contribution in [0.3, 0.4) is 0 Å². The Balaban J connectivity index is 1.62. The van der Waals surface area contributed by atoms with Crippen LogP contribution in [0.25, 0.3) is 0 Å². The number of pyridine rings is 1. The molecule has 1 heterocycles. The lowest BCUT2D eigenvalue weighted by Gasteiger charge is -2.22. The molecule has 0 radical (unpaired) electrons. The molecule has 0 saturated heterocycles. The first kappa shape index (κ1) is 13.1. The van der Waals surface area contributed by atoms with Crippen LogP contribution in [-0.4, -0.2) is 11.6 Å². The fourth-order valence-electron chi connectivity index (χ4n) is 2.72. The maximum absolute atomic E-state index is 6.17. The van der Waals surface area contributed by atoms with E-state index in [4.69, 9.17) is 10.5 Å². The second-order valence-corrected chi connectivity index (χ2v) is 5.28. The molecule has 0 fully saturated rings. The number of hydrogen-bond acceptors (Lipinski definition) is 3. The Morgan fingerprint density at radius 2 is 2.20 bits per heavy atom. The average molecular weight is 268 g/mol. The van der Waals surface area contributed by atoms with Gasteiger partial charge in [-0.3, -0.25) is 4.98 Å². The van der Waals surface area contributed by atoms with Gasteiger partial charge in [-0.25, -0.2) is 0 Å². The molecule has 0 unspecified atom stereocenters. The highest BCUT2D eigenvalue weighted by atomic mass is 16.5. The van der Waals surface area contributed by atoms with Crippen molar-refractivity contribution in [3.63, 3.8) is 0 Å². The molecule has 1 aromatic carbocycles. The predicted molar refractivity (Wildman–Crippen MR) is 79.7 cm³/mol. The third kappa shape index (κ3) is 2.99. The molecule has 2 aromatic rings. The largest absolute Gasteiger partial charge is 0.493 e. The third-order valence-electron chi connectivity index (χ3n) is 3.83.